The number of urea groups is 1. The topological polar surface area (TPSA) is 64.7 Å². The number of nitrogens with one attached hydrogen (secondary N) is 2. The number of hydrogen-bond donors (Lipinski definition) is 2. The first-order chi connectivity index (χ1) is 15.4. The lowest BCUT2D eigenvalue weighted by Crippen LogP contribution is -2.66. The number of benzene rings is 2. The summed E-state index contributed by atoms with van der Waals surface area (Å²) in [6, 6.07) is 14.2. The van der Waals surface area contributed by atoms with Gasteiger partial charge in [-0.05, 0) is 44.7 Å². The highest BCUT2D eigenvalue weighted by molar-refractivity contribution is 6.00. The van der Waals surface area contributed by atoms with Gasteiger partial charge in [-0.25, -0.2) is 15.2 Å². The molecule has 2 aliphatic heterocycles. The zero-order chi connectivity index (χ0) is 22.4. The first-order valence-electron chi connectivity index (χ1n) is 11.7. The third-order valence-electron chi connectivity index (χ3n) is 7.29. The van der Waals surface area contributed by atoms with E-state index in [2.05, 4.69) is 35.9 Å². The predicted octanol–water partition coefficient (Wildman–Crippen LogP) is 4.22. The average molecular weight is 433 g/mol. The standard InChI is InChI=1S/C26H32N4O2/c1-16-7-6-8-19(14-16)24-27-25-21-9-4-5-10-22(21)29(26(32)30(25)28-24)15-23(31)20-12-11-17(2)13-18(20)3/h6-8,11-14,21-22,24-25,27-28H,4-5,9-10,15H2,1-3H3. The summed E-state index contributed by atoms with van der Waals surface area (Å²) < 4.78 is 0. The average Bonchev–Trinajstić information content (AvgIpc) is 3.22. The molecule has 6 heteroatoms. The molecule has 0 radical (unpaired) electrons. The molecule has 4 atom stereocenters. The Hall–Kier alpha value is -2.70. The third kappa shape index (κ3) is 3.71. The summed E-state index contributed by atoms with van der Waals surface area (Å²) in [6.45, 7) is 6.20. The van der Waals surface area contributed by atoms with Crippen molar-refractivity contribution in [1.29, 1.82) is 0 Å². The van der Waals surface area contributed by atoms with Gasteiger partial charge in [-0.15, -0.1) is 0 Å². The van der Waals surface area contributed by atoms with Crippen molar-refractivity contribution in [3.05, 3.63) is 70.3 Å². The second kappa shape index (κ2) is 8.34. The Labute approximate surface area is 189 Å². The van der Waals surface area contributed by atoms with Gasteiger partial charge in [-0.3, -0.25) is 10.1 Å². The maximum atomic E-state index is 13.6. The van der Waals surface area contributed by atoms with Crippen LogP contribution < -0.4 is 10.7 Å². The molecule has 0 aromatic heterocycles. The van der Waals surface area contributed by atoms with Crippen LogP contribution in [-0.4, -0.2) is 40.5 Å². The molecule has 3 fully saturated rings. The molecule has 2 saturated heterocycles. The van der Waals surface area contributed by atoms with Crippen molar-refractivity contribution in [2.24, 2.45) is 5.92 Å². The van der Waals surface area contributed by atoms with Gasteiger partial charge in [0.2, 0.25) is 0 Å². The molecule has 3 aliphatic rings. The summed E-state index contributed by atoms with van der Waals surface area (Å²) in [5.74, 6) is 0.316. The summed E-state index contributed by atoms with van der Waals surface area (Å²) in [4.78, 5) is 28.7. The summed E-state index contributed by atoms with van der Waals surface area (Å²) in [7, 11) is 0. The lowest BCUT2D eigenvalue weighted by molar-refractivity contribution is 0.00125. The quantitative estimate of drug-likeness (QED) is 0.710. The van der Waals surface area contributed by atoms with E-state index < -0.39 is 0 Å². The number of hydrazine groups is 1. The van der Waals surface area contributed by atoms with Gasteiger partial charge in [0.1, 0.15) is 12.3 Å². The second-order valence-corrected chi connectivity index (χ2v) is 9.63. The van der Waals surface area contributed by atoms with Crippen LogP contribution in [0.15, 0.2) is 42.5 Å². The Bertz CT molecular complexity index is 1050. The summed E-state index contributed by atoms with van der Waals surface area (Å²) in [6.07, 6.45) is 4.12. The van der Waals surface area contributed by atoms with Gasteiger partial charge < -0.3 is 4.90 Å². The number of rotatable bonds is 4. The van der Waals surface area contributed by atoms with Crippen molar-refractivity contribution in [2.75, 3.05) is 6.54 Å². The van der Waals surface area contributed by atoms with Gasteiger partial charge in [0, 0.05) is 17.5 Å². The van der Waals surface area contributed by atoms with E-state index in [9.17, 15) is 9.59 Å². The van der Waals surface area contributed by atoms with E-state index >= 15 is 0 Å². The number of nitrogens with zero attached hydrogens (tertiary/aromatic N) is 2. The van der Waals surface area contributed by atoms with Gasteiger partial charge in [-0.2, -0.15) is 0 Å². The fourth-order valence-electron chi connectivity index (χ4n) is 5.74. The molecule has 0 spiro atoms. The highest BCUT2D eigenvalue weighted by atomic mass is 16.2. The van der Waals surface area contributed by atoms with Crippen LogP contribution in [-0.2, 0) is 0 Å². The lowest BCUT2D eigenvalue weighted by atomic mass is 9.79. The molecule has 4 unspecified atom stereocenters. The molecular formula is C26H32N4O2. The van der Waals surface area contributed by atoms with Crippen LogP contribution in [0.2, 0.25) is 0 Å². The molecule has 2 amide bonds. The molecule has 1 saturated carbocycles. The number of hydrogen-bond acceptors (Lipinski definition) is 4. The van der Waals surface area contributed by atoms with Crippen LogP contribution in [0.4, 0.5) is 4.79 Å². The largest absolute Gasteiger partial charge is 0.336 e. The molecule has 2 aromatic rings. The van der Waals surface area contributed by atoms with Crippen molar-refractivity contribution < 1.29 is 9.59 Å². The number of aryl methyl sites for hydroxylation is 3. The van der Waals surface area contributed by atoms with Gasteiger partial charge in [0.15, 0.2) is 5.78 Å². The normalized spacial score (nSPS) is 27.3. The van der Waals surface area contributed by atoms with E-state index in [1.807, 2.05) is 43.0 Å². The Kier molecular flexibility index (Phi) is 5.51. The van der Waals surface area contributed by atoms with Crippen molar-refractivity contribution in [3.8, 4) is 0 Å². The summed E-state index contributed by atoms with van der Waals surface area (Å²) >= 11 is 0. The first kappa shape index (κ1) is 21.2. The lowest BCUT2D eigenvalue weighted by Gasteiger charge is -2.49. The highest BCUT2D eigenvalue weighted by Crippen LogP contribution is 2.39. The summed E-state index contributed by atoms with van der Waals surface area (Å²) in [5.41, 5.74) is 8.53. The SMILES string of the molecule is Cc1cccc(C2NC3C4CCCCC4N(CC(=O)c4ccc(C)cc4C)C(=O)N3N2)c1. The minimum Gasteiger partial charge on any atom is -0.312 e. The van der Waals surface area contributed by atoms with Crippen molar-refractivity contribution in [1.82, 2.24) is 20.7 Å². The Morgan fingerprint density at radius 3 is 2.59 bits per heavy atom. The molecule has 5 rings (SSSR count). The van der Waals surface area contributed by atoms with Gasteiger partial charge in [-0.1, -0.05) is 66.4 Å². The zero-order valence-electron chi connectivity index (χ0n) is 19.1. The van der Waals surface area contributed by atoms with Crippen molar-refractivity contribution >= 4 is 11.8 Å². The first-order valence-corrected chi connectivity index (χ1v) is 11.7. The van der Waals surface area contributed by atoms with E-state index in [0.29, 0.717) is 11.5 Å². The number of fused-ring (bicyclic) bond motifs is 3. The van der Waals surface area contributed by atoms with E-state index in [1.54, 1.807) is 5.01 Å². The van der Waals surface area contributed by atoms with Crippen LogP contribution in [0, 0.1) is 26.7 Å². The maximum Gasteiger partial charge on any atom is 0.336 e. The smallest absolute Gasteiger partial charge is 0.312 e. The van der Waals surface area contributed by atoms with Crippen LogP contribution in [0.5, 0.6) is 0 Å². The van der Waals surface area contributed by atoms with Gasteiger partial charge in [0.05, 0.1) is 6.54 Å². The molecule has 1 aliphatic carbocycles. The van der Waals surface area contributed by atoms with Crippen LogP contribution in [0.3, 0.4) is 0 Å². The molecule has 0 bridgehead atoms. The Morgan fingerprint density at radius 2 is 1.81 bits per heavy atom. The fourth-order valence-corrected chi connectivity index (χ4v) is 5.74. The number of amides is 2. The minimum atomic E-state index is -0.110. The monoisotopic (exact) mass is 432 g/mol. The van der Waals surface area contributed by atoms with Crippen LogP contribution in [0.1, 0.15) is 64.5 Å². The second-order valence-electron chi connectivity index (χ2n) is 9.63. The van der Waals surface area contributed by atoms with E-state index in [4.69, 9.17) is 0 Å². The summed E-state index contributed by atoms with van der Waals surface area (Å²) in [5, 5.41) is 5.41. The van der Waals surface area contributed by atoms with Gasteiger partial charge in [0.25, 0.3) is 0 Å². The van der Waals surface area contributed by atoms with E-state index in [1.165, 1.54) is 5.56 Å². The molecule has 2 N–H and O–H groups in total. The Morgan fingerprint density at radius 1 is 1.03 bits per heavy atom. The van der Waals surface area contributed by atoms with Crippen molar-refractivity contribution in [2.45, 2.75) is 64.8 Å². The minimum absolute atomic E-state index is 0.0148. The van der Waals surface area contributed by atoms with E-state index in [0.717, 1.165) is 42.4 Å². The molecule has 2 heterocycles. The van der Waals surface area contributed by atoms with Gasteiger partial charge >= 0.3 is 6.03 Å². The molecular weight excluding hydrogens is 400 g/mol. The third-order valence-corrected chi connectivity index (χ3v) is 7.29. The number of Topliss-reactive ketones (excluding diaryl/α,β-unsaturated/α-hetero) is 1. The number of carbonyl (C=O) groups excluding carboxylic acids is 2. The Balaban J connectivity index is 1.41. The van der Waals surface area contributed by atoms with Crippen LogP contribution in [0.25, 0.3) is 0 Å². The molecule has 168 valence electrons. The fraction of sp³-hybridized carbons (Fsp3) is 0.462. The number of ketones is 1. The van der Waals surface area contributed by atoms with E-state index in [-0.39, 0.29) is 36.7 Å². The zero-order valence-corrected chi connectivity index (χ0v) is 19.1. The molecule has 6 nitrogen and oxygen atoms in total. The van der Waals surface area contributed by atoms with Crippen LogP contribution >= 0.6 is 0 Å². The highest BCUT2D eigenvalue weighted by Gasteiger charge is 2.51. The maximum absolute atomic E-state index is 13.6. The predicted molar refractivity (Wildman–Crippen MR) is 124 cm³/mol. The molecule has 32 heavy (non-hydrogen) atoms. The molecule has 2 aromatic carbocycles. The number of carbonyl (C=O) groups is 2. The van der Waals surface area contributed by atoms with Crippen molar-refractivity contribution in [3.63, 3.8) is 0 Å².